The summed E-state index contributed by atoms with van der Waals surface area (Å²) in [6.07, 6.45) is 0.653. The third-order valence-electron chi connectivity index (χ3n) is 4.83. The average Bonchev–Trinajstić information content (AvgIpc) is 2.70. The highest BCUT2D eigenvalue weighted by molar-refractivity contribution is 7.89. The van der Waals surface area contributed by atoms with Crippen molar-refractivity contribution in [1.82, 2.24) is 4.31 Å². The Bertz CT molecular complexity index is 1040. The molecule has 1 aliphatic rings. The molecule has 0 unspecified atom stereocenters. The van der Waals surface area contributed by atoms with Crippen LogP contribution in [0.2, 0.25) is 0 Å². The number of aryl methyl sites for hydroxylation is 1. The van der Waals surface area contributed by atoms with Gasteiger partial charge in [0.2, 0.25) is 15.9 Å². The molecule has 0 radical (unpaired) electrons. The van der Waals surface area contributed by atoms with Gasteiger partial charge in [0, 0.05) is 19.0 Å². The van der Waals surface area contributed by atoms with Crippen LogP contribution in [-0.2, 0) is 14.8 Å². The summed E-state index contributed by atoms with van der Waals surface area (Å²) in [6.45, 7) is 2.13. The van der Waals surface area contributed by atoms with Crippen LogP contribution in [0.3, 0.4) is 0 Å². The van der Waals surface area contributed by atoms with E-state index >= 15 is 0 Å². The number of amides is 1. The molecular weight excluding hydrogens is 381 g/mol. The van der Waals surface area contributed by atoms with Gasteiger partial charge in [-0.25, -0.2) is 12.8 Å². The van der Waals surface area contributed by atoms with Crippen molar-refractivity contribution in [3.63, 3.8) is 0 Å². The molecule has 2 aromatic rings. The van der Waals surface area contributed by atoms with Crippen LogP contribution in [0, 0.1) is 30.0 Å². The molecule has 0 atom stereocenters. The summed E-state index contributed by atoms with van der Waals surface area (Å²) in [7, 11) is -3.81. The summed E-state index contributed by atoms with van der Waals surface area (Å²) in [4.78, 5) is 12.4. The highest BCUT2D eigenvalue weighted by Gasteiger charge is 2.33. The lowest BCUT2D eigenvalue weighted by molar-refractivity contribution is -0.120. The van der Waals surface area contributed by atoms with Gasteiger partial charge < -0.3 is 5.32 Å². The zero-order chi connectivity index (χ0) is 20.3. The maximum Gasteiger partial charge on any atom is 0.244 e. The second kappa shape index (κ2) is 8.09. The minimum atomic E-state index is -3.81. The van der Waals surface area contributed by atoms with Gasteiger partial charge in [0.05, 0.1) is 16.1 Å². The van der Waals surface area contributed by atoms with E-state index in [0.29, 0.717) is 12.8 Å². The number of carbonyl (C=O) groups is 1. The van der Waals surface area contributed by atoms with E-state index in [4.69, 9.17) is 5.26 Å². The Balaban J connectivity index is 1.68. The van der Waals surface area contributed by atoms with Gasteiger partial charge >= 0.3 is 0 Å². The summed E-state index contributed by atoms with van der Waals surface area (Å²) < 4.78 is 40.8. The molecule has 1 fully saturated rings. The number of nitrogens with zero attached hydrogens (tertiary/aromatic N) is 2. The number of sulfonamides is 1. The molecule has 146 valence electrons. The van der Waals surface area contributed by atoms with Crippen LogP contribution < -0.4 is 5.32 Å². The molecular formula is C20H20FN3O3S. The lowest BCUT2D eigenvalue weighted by Crippen LogP contribution is -2.41. The van der Waals surface area contributed by atoms with E-state index in [0.717, 1.165) is 5.56 Å². The van der Waals surface area contributed by atoms with Crippen LogP contribution in [0.5, 0.6) is 0 Å². The molecule has 1 saturated heterocycles. The first-order valence-corrected chi connectivity index (χ1v) is 10.3. The molecule has 6 nitrogen and oxygen atoms in total. The number of carbonyl (C=O) groups excluding carboxylic acids is 1. The molecule has 1 aliphatic heterocycles. The Morgan fingerprint density at radius 1 is 1.21 bits per heavy atom. The smallest absolute Gasteiger partial charge is 0.244 e. The number of benzene rings is 2. The maximum absolute atomic E-state index is 13.8. The van der Waals surface area contributed by atoms with Crippen molar-refractivity contribution in [1.29, 1.82) is 5.26 Å². The predicted octanol–water partition coefficient (Wildman–Crippen LogP) is 3.05. The molecule has 28 heavy (non-hydrogen) atoms. The quantitative estimate of drug-likeness (QED) is 0.853. The van der Waals surface area contributed by atoms with E-state index in [2.05, 4.69) is 5.32 Å². The fraction of sp³-hybridized carbons (Fsp3) is 0.300. The Kier molecular flexibility index (Phi) is 5.77. The predicted molar refractivity (Wildman–Crippen MR) is 102 cm³/mol. The summed E-state index contributed by atoms with van der Waals surface area (Å²) >= 11 is 0. The summed E-state index contributed by atoms with van der Waals surface area (Å²) in [6, 6.07) is 12.4. The summed E-state index contributed by atoms with van der Waals surface area (Å²) in [5.41, 5.74) is 1.05. The third kappa shape index (κ3) is 4.06. The fourth-order valence-corrected chi connectivity index (χ4v) is 4.86. The molecule has 1 N–H and O–H groups in total. The molecule has 0 spiro atoms. The molecule has 0 aliphatic carbocycles. The second-order valence-corrected chi connectivity index (χ2v) is 8.67. The standard InChI is InChI=1S/C20H20FN3O3S/c1-14-6-7-17(21)18(12-14)23-20(25)15-8-10-24(11-9-15)28(26,27)19-5-3-2-4-16(19)13-22/h2-7,12,15H,8-11H2,1H3,(H,23,25). The number of nitriles is 1. The minimum Gasteiger partial charge on any atom is -0.323 e. The zero-order valence-corrected chi connectivity index (χ0v) is 16.2. The van der Waals surface area contributed by atoms with Gasteiger partial charge in [-0.2, -0.15) is 9.57 Å². The highest BCUT2D eigenvalue weighted by atomic mass is 32.2. The van der Waals surface area contributed by atoms with E-state index in [1.807, 2.05) is 6.07 Å². The van der Waals surface area contributed by atoms with Gasteiger partial charge in [0.15, 0.2) is 0 Å². The Morgan fingerprint density at radius 2 is 1.89 bits per heavy atom. The van der Waals surface area contributed by atoms with Gasteiger partial charge in [-0.15, -0.1) is 0 Å². The number of hydrogen-bond donors (Lipinski definition) is 1. The number of halogens is 1. The van der Waals surface area contributed by atoms with Gasteiger partial charge in [0.25, 0.3) is 0 Å². The lowest BCUT2D eigenvalue weighted by Gasteiger charge is -2.30. The molecule has 0 saturated carbocycles. The van der Waals surface area contributed by atoms with E-state index in [-0.39, 0.29) is 35.1 Å². The van der Waals surface area contributed by atoms with E-state index < -0.39 is 21.8 Å². The van der Waals surface area contributed by atoms with Crippen molar-refractivity contribution < 1.29 is 17.6 Å². The van der Waals surface area contributed by atoms with Gasteiger partial charge in [0.1, 0.15) is 11.9 Å². The average molecular weight is 401 g/mol. The summed E-state index contributed by atoms with van der Waals surface area (Å²) in [5, 5.41) is 11.8. The van der Waals surface area contributed by atoms with Crippen LogP contribution in [0.15, 0.2) is 47.4 Å². The van der Waals surface area contributed by atoms with Crippen molar-refractivity contribution in [2.24, 2.45) is 5.92 Å². The Morgan fingerprint density at radius 3 is 2.57 bits per heavy atom. The number of rotatable bonds is 4. The van der Waals surface area contributed by atoms with Crippen molar-refractivity contribution in [3.05, 3.63) is 59.4 Å². The zero-order valence-electron chi connectivity index (χ0n) is 15.4. The van der Waals surface area contributed by atoms with Crippen LogP contribution in [0.25, 0.3) is 0 Å². The van der Waals surface area contributed by atoms with Crippen LogP contribution in [0.4, 0.5) is 10.1 Å². The summed E-state index contributed by atoms with van der Waals surface area (Å²) in [5.74, 6) is -1.23. The van der Waals surface area contributed by atoms with E-state index in [9.17, 15) is 17.6 Å². The van der Waals surface area contributed by atoms with Crippen molar-refractivity contribution in [2.45, 2.75) is 24.7 Å². The topological polar surface area (TPSA) is 90.3 Å². The monoisotopic (exact) mass is 401 g/mol. The van der Waals surface area contributed by atoms with Crippen LogP contribution >= 0.6 is 0 Å². The first-order chi connectivity index (χ1) is 13.3. The highest BCUT2D eigenvalue weighted by Crippen LogP contribution is 2.27. The molecule has 1 amide bonds. The number of piperidine rings is 1. The van der Waals surface area contributed by atoms with Gasteiger partial charge in [-0.3, -0.25) is 4.79 Å². The molecule has 0 bridgehead atoms. The van der Waals surface area contributed by atoms with Gasteiger partial charge in [-0.05, 0) is 49.6 Å². The Hall–Kier alpha value is -2.76. The number of anilines is 1. The minimum absolute atomic E-state index is 0.0257. The third-order valence-corrected chi connectivity index (χ3v) is 6.79. The molecule has 1 heterocycles. The molecule has 0 aromatic heterocycles. The van der Waals surface area contributed by atoms with Crippen molar-refractivity contribution in [2.75, 3.05) is 18.4 Å². The van der Waals surface area contributed by atoms with Crippen molar-refractivity contribution in [3.8, 4) is 6.07 Å². The molecule has 3 rings (SSSR count). The second-order valence-electron chi connectivity index (χ2n) is 6.76. The van der Waals surface area contributed by atoms with E-state index in [1.165, 1.54) is 22.5 Å². The maximum atomic E-state index is 13.8. The van der Waals surface area contributed by atoms with Gasteiger partial charge in [-0.1, -0.05) is 18.2 Å². The fourth-order valence-electron chi connectivity index (χ4n) is 3.25. The van der Waals surface area contributed by atoms with Crippen molar-refractivity contribution >= 4 is 21.6 Å². The SMILES string of the molecule is Cc1ccc(F)c(NC(=O)C2CCN(S(=O)(=O)c3ccccc3C#N)CC2)c1. The normalized spacial score (nSPS) is 15.8. The largest absolute Gasteiger partial charge is 0.323 e. The molecule has 2 aromatic carbocycles. The Labute approximate surface area is 163 Å². The first-order valence-electron chi connectivity index (χ1n) is 8.89. The number of nitrogens with one attached hydrogen (secondary N) is 1. The first kappa shape index (κ1) is 20.0. The van der Waals surface area contributed by atoms with Crippen LogP contribution in [0.1, 0.15) is 24.0 Å². The molecule has 8 heteroatoms. The van der Waals surface area contributed by atoms with E-state index in [1.54, 1.807) is 31.2 Å². The van der Waals surface area contributed by atoms with Crippen LogP contribution in [-0.4, -0.2) is 31.7 Å². The lowest BCUT2D eigenvalue weighted by atomic mass is 9.97. The number of hydrogen-bond acceptors (Lipinski definition) is 4.